The number of carbonyl (C=O) groups is 1. The van der Waals surface area contributed by atoms with Crippen molar-refractivity contribution in [2.45, 2.75) is 47.0 Å². The molecule has 0 aliphatic heterocycles. The van der Waals surface area contributed by atoms with E-state index in [9.17, 15) is 4.79 Å². The normalized spacial score (nSPS) is 18.6. The highest BCUT2D eigenvalue weighted by molar-refractivity contribution is 6.14. The maximum absolute atomic E-state index is 13.0. The average molecular weight is 338 g/mol. The molecule has 2 heterocycles. The fourth-order valence-electron chi connectivity index (χ4n) is 3.52. The second-order valence-corrected chi connectivity index (χ2v) is 6.94. The third-order valence-electron chi connectivity index (χ3n) is 5.24. The van der Waals surface area contributed by atoms with Crippen LogP contribution >= 0.6 is 0 Å². The van der Waals surface area contributed by atoms with Crippen LogP contribution < -0.4 is 0 Å². The van der Waals surface area contributed by atoms with Gasteiger partial charge in [-0.15, -0.1) is 0 Å². The molecule has 5 nitrogen and oxygen atoms in total. The van der Waals surface area contributed by atoms with Crippen LogP contribution in [0.3, 0.4) is 0 Å². The van der Waals surface area contributed by atoms with Crippen molar-refractivity contribution < 1.29 is 4.79 Å². The number of aryl methyl sites for hydroxylation is 4. The Morgan fingerprint density at radius 3 is 1.52 bits per heavy atom. The summed E-state index contributed by atoms with van der Waals surface area (Å²) in [7, 11) is 3.87. The van der Waals surface area contributed by atoms with Gasteiger partial charge in [0.15, 0.2) is 5.78 Å². The summed E-state index contributed by atoms with van der Waals surface area (Å²) in [5.74, 6) is 0.163. The van der Waals surface area contributed by atoms with Gasteiger partial charge >= 0.3 is 0 Å². The molecule has 1 aliphatic rings. The quantitative estimate of drug-likeness (QED) is 0.786. The molecule has 0 saturated heterocycles. The van der Waals surface area contributed by atoms with E-state index in [-0.39, 0.29) is 5.78 Å². The minimum atomic E-state index is 0.163. The zero-order valence-electron chi connectivity index (χ0n) is 16.0. The Hall–Kier alpha value is -2.43. The Kier molecular flexibility index (Phi) is 4.50. The highest BCUT2D eigenvalue weighted by atomic mass is 16.1. The maximum atomic E-state index is 13.0. The van der Waals surface area contributed by atoms with Crippen molar-refractivity contribution in [1.29, 1.82) is 0 Å². The Labute approximate surface area is 149 Å². The number of carbonyl (C=O) groups excluding carboxylic acids is 1. The Morgan fingerprint density at radius 2 is 1.20 bits per heavy atom. The lowest BCUT2D eigenvalue weighted by atomic mass is 9.86. The van der Waals surface area contributed by atoms with E-state index in [0.29, 0.717) is 0 Å². The number of allylic oxidation sites excluding steroid dienone is 2. The van der Waals surface area contributed by atoms with Crippen molar-refractivity contribution in [2.24, 2.45) is 14.1 Å². The van der Waals surface area contributed by atoms with E-state index >= 15 is 0 Å². The van der Waals surface area contributed by atoms with Crippen molar-refractivity contribution in [3.63, 3.8) is 0 Å². The predicted octanol–water partition coefficient (Wildman–Crippen LogP) is 3.61. The number of ketones is 1. The third-order valence-corrected chi connectivity index (χ3v) is 5.24. The summed E-state index contributed by atoms with van der Waals surface area (Å²) in [4.78, 5) is 13.0. The Bertz CT molecular complexity index is 837. The number of aromatic nitrogens is 4. The summed E-state index contributed by atoms with van der Waals surface area (Å²) in [6, 6.07) is 0. The summed E-state index contributed by atoms with van der Waals surface area (Å²) in [6.45, 7) is 8.06. The van der Waals surface area contributed by atoms with Gasteiger partial charge in [-0.1, -0.05) is 0 Å². The number of rotatable bonds is 2. The fraction of sp³-hybridized carbons (Fsp3) is 0.450. The van der Waals surface area contributed by atoms with Gasteiger partial charge in [-0.05, 0) is 59.1 Å². The molecule has 1 aliphatic carbocycles. The van der Waals surface area contributed by atoms with Gasteiger partial charge in [-0.3, -0.25) is 14.2 Å². The van der Waals surface area contributed by atoms with Crippen LogP contribution in [0, 0.1) is 27.7 Å². The highest BCUT2D eigenvalue weighted by Gasteiger charge is 2.22. The van der Waals surface area contributed by atoms with Gasteiger partial charge in [-0.2, -0.15) is 10.2 Å². The Balaban J connectivity index is 1.99. The van der Waals surface area contributed by atoms with Crippen molar-refractivity contribution in [3.8, 4) is 0 Å². The number of hydrogen-bond acceptors (Lipinski definition) is 3. The number of Topliss-reactive ketones (excluding diaryl/α,β-unsaturated/α-hetero) is 1. The van der Waals surface area contributed by atoms with Crippen molar-refractivity contribution in [2.75, 3.05) is 0 Å². The first-order valence-corrected chi connectivity index (χ1v) is 8.75. The molecule has 25 heavy (non-hydrogen) atoms. The van der Waals surface area contributed by atoms with Crippen LogP contribution in [0.5, 0.6) is 0 Å². The molecule has 5 heteroatoms. The van der Waals surface area contributed by atoms with Gasteiger partial charge in [0, 0.05) is 47.8 Å². The average Bonchev–Trinajstić information content (AvgIpc) is 2.94. The van der Waals surface area contributed by atoms with Crippen LogP contribution in [0.25, 0.3) is 12.2 Å². The van der Waals surface area contributed by atoms with E-state index in [1.54, 1.807) is 0 Å². The van der Waals surface area contributed by atoms with Gasteiger partial charge in [0.1, 0.15) is 0 Å². The zero-order valence-corrected chi connectivity index (χ0v) is 16.0. The van der Waals surface area contributed by atoms with Crippen molar-refractivity contribution >= 4 is 17.9 Å². The van der Waals surface area contributed by atoms with Gasteiger partial charge in [0.05, 0.1) is 11.4 Å². The molecule has 0 N–H and O–H groups in total. The molecule has 0 aromatic carbocycles. The lowest BCUT2D eigenvalue weighted by Crippen LogP contribution is -2.12. The minimum absolute atomic E-state index is 0.163. The molecule has 0 atom stereocenters. The van der Waals surface area contributed by atoms with E-state index in [1.165, 1.54) is 0 Å². The molecule has 2 aromatic heterocycles. The first-order chi connectivity index (χ1) is 11.8. The molecule has 2 aromatic rings. The van der Waals surface area contributed by atoms with Gasteiger partial charge in [-0.25, -0.2) is 0 Å². The van der Waals surface area contributed by atoms with Crippen molar-refractivity contribution in [1.82, 2.24) is 19.6 Å². The van der Waals surface area contributed by atoms with E-state index in [4.69, 9.17) is 0 Å². The van der Waals surface area contributed by atoms with Crippen LogP contribution in [0.1, 0.15) is 53.2 Å². The molecule has 132 valence electrons. The number of hydrogen-bond donors (Lipinski definition) is 0. The first-order valence-electron chi connectivity index (χ1n) is 8.75. The summed E-state index contributed by atoms with van der Waals surface area (Å²) in [5, 5.41) is 8.90. The molecule has 0 amide bonds. The summed E-state index contributed by atoms with van der Waals surface area (Å²) in [5.41, 5.74) is 8.03. The molecular formula is C20H26N4O. The van der Waals surface area contributed by atoms with Crippen LogP contribution in [-0.4, -0.2) is 25.3 Å². The zero-order chi connectivity index (χ0) is 18.3. The van der Waals surface area contributed by atoms with Gasteiger partial charge in [0.25, 0.3) is 0 Å². The largest absolute Gasteiger partial charge is 0.289 e. The van der Waals surface area contributed by atoms with Crippen LogP contribution in [0.4, 0.5) is 0 Å². The van der Waals surface area contributed by atoms with Gasteiger partial charge < -0.3 is 0 Å². The van der Waals surface area contributed by atoms with Crippen molar-refractivity contribution in [3.05, 3.63) is 45.0 Å². The molecule has 0 unspecified atom stereocenters. The minimum Gasteiger partial charge on any atom is -0.289 e. The second-order valence-electron chi connectivity index (χ2n) is 6.94. The molecule has 0 radical (unpaired) electrons. The summed E-state index contributed by atoms with van der Waals surface area (Å²) >= 11 is 0. The van der Waals surface area contributed by atoms with E-state index in [1.807, 2.05) is 63.3 Å². The molecule has 0 spiro atoms. The lowest BCUT2D eigenvalue weighted by molar-refractivity contribution is -0.112. The Morgan fingerprint density at radius 1 is 0.800 bits per heavy atom. The summed E-state index contributed by atoms with van der Waals surface area (Å²) < 4.78 is 3.74. The standard InChI is InChI=1S/C20H26N4O/c1-12-18(14(3)23(5)21-12)10-16-8-7-9-17(20(16)25)11-19-13(2)22-24(6)15(19)4/h10-11H,7-9H2,1-6H3/b16-10-,17-11-. The summed E-state index contributed by atoms with van der Waals surface area (Å²) in [6.07, 6.45) is 6.73. The number of nitrogens with zero attached hydrogens (tertiary/aromatic N) is 4. The van der Waals surface area contributed by atoms with Gasteiger partial charge in [0.2, 0.25) is 0 Å². The highest BCUT2D eigenvalue weighted by Crippen LogP contribution is 2.30. The monoisotopic (exact) mass is 338 g/mol. The van der Waals surface area contributed by atoms with Crippen LogP contribution in [0.15, 0.2) is 11.1 Å². The second kappa shape index (κ2) is 6.47. The SMILES string of the molecule is Cc1nn(C)c(C)c1/C=C1/CCC/C(=C/c2c(C)nn(C)c2C)C1=O. The lowest BCUT2D eigenvalue weighted by Gasteiger charge is -2.16. The predicted molar refractivity (Wildman–Crippen MR) is 100 cm³/mol. The van der Waals surface area contributed by atoms with Crippen LogP contribution in [0.2, 0.25) is 0 Å². The molecule has 1 fully saturated rings. The molecule has 1 saturated carbocycles. The fourth-order valence-corrected chi connectivity index (χ4v) is 3.52. The van der Waals surface area contributed by atoms with E-state index < -0.39 is 0 Å². The van der Waals surface area contributed by atoms with Crippen LogP contribution in [-0.2, 0) is 18.9 Å². The first kappa shape index (κ1) is 17.4. The maximum Gasteiger partial charge on any atom is 0.185 e. The third kappa shape index (κ3) is 3.11. The van der Waals surface area contributed by atoms with E-state index in [0.717, 1.165) is 64.3 Å². The van der Waals surface area contributed by atoms with E-state index in [2.05, 4.69) is 10.2 Å². The molecule has 3 rings (SSSR count). The topological polar surface area (TPSA) is 52.7 Å². The molecule has 0 bridgehead atoms. The smallest absolute Gasteiger partial charge is 0.185 e. The molecular weight excluding hydrogens is 312 g/mol.